The van der Waals surface area contributed by atoms with Gasteiger partial charge in [0, 0.05) is 38.4 Å². The first-order valence-corrected chi connectivity index (χ1v) is 9.76. The second kappa shape index (κ2) is 5.60. The minimum atomic E-state index is 0.541. The molecule has 130 valence electrons. The van der Waals surface area contributed by atoms with Crippen molar-refractivity contribution >= 4 is 5.69 Å². The molecular weight excluding hydrogens is 304 g/mol. The van der Waals surface area contributed by atoms with Crippen LogP contribution in [0.2, 0.25) is 0 Å². The Kier molecular flexibility index (Phi) is 3.46. The zero-order valence-corrected chi connectivity index (χ0v) is 15.2. The summed E-state index contributed by atoms with van der Waals surface area (Å²) in [6.45, 7) is 8.28. The summed E-state index contributed by atoms with van der Waals surface area (Å²) < 4.78 is 0. The average molecular weight is 332 g/mol. The van der Waals surface area contributed by atoms with Gasteiger partial charge in [-0.2, -0.15) is 0 Å². The number of aryl methyl sites for hydroxylation is 1. The van der Waals surface area contributed by atoms with Gasteiger partial charge in [-0.3, -0.25) is 4.90 Å². The fraction of sp³-hybridized carbons (Fsp3) is 0.478. The van der Waals surface area contributed by atoms with E-state index in [1.54, 1.807) is 5.56 Å². The molecule has 0 radical (unpaired) electrons. The predicted molar refractivity (Wildman–Crippen MR) is 104 cm³/mol. The summed E-state index contributed by atoms with van der Waals surface area (Å²) in [6.07, 6.45) is 4.26. The largest absolute Gasteiger partial charge is 0.369 e. The fourth-order valence-electron chi connectivity index (χ4n) is 5.66. The molecule has 3 saturated carbocycles. The van der Waals surface area contributed by atoms with Crippen molar-refractivity contribution in [3.8, 4) is 0 Å². The van der Waals surface area contributed by atoms with E-state index in [4.69, 9.17) is 0 Å². The van der Waals surface area contributed by atoms with Gasteiger partial charge < -0.3 is 4.90 Å². The van der Waals surface area contributed by atoms with Gasteiger partial charge in [-0.05, 0) is 54.7 Å². The molecule has 4 fully saturated rings. The van der Waals surface area contributed by atoms with Crippen LogP contribution in [0.1, 0.15) is 30.4 Å². The quantitative estimate of drug-likeness (QED) is 0.826. The molecule has 2 heteroatoms. The highest BCUT2D eigenvalue weighted by atomic mass is 15.3. The molecule has 2 aromatic rings. The Morgan fingerprint density at radius 3 is 2.08 bits per heavy atom. The third-order valence-corrected chi connectivity index (χ3v) is 6.86. The number of hydrogen-bond acceptors (Lipinski definition) is 2. The minimum absolute atomic E-state index is 0.541. The molecule has 0 aromatic heterocycles. The van der Waals surface area contributed by atoms with Crippen molar-refractivity contribution in [1.29, 1.82) is 0 Å². The van der Waals surface area contributed by atoms with Gasteiger partial charge in [0.15, 0.2) is 0 Å². The Labute approximate surface area is 151 Å². The van der Waals surface area contributed by atoms with Crippen LogP contribution >= 0.6 is 0 Å². The lowest BCUT2D eigenvalue weighted by molar-refractivity contribution is -0.156. The monoisotopic (exact) mass is 332 g/mol. The second-order valence-corrected chi connectivity index (χ2v) is 8.78. The first-order chi connectivity index (χ1) is 12.2. The summed E-state index contributed by atoms with van der Waals surface area (Å²) in [6, 6.07) is 20.2. The van der Waals surface area contributed by atoms with Crippen molar-refractivity contribution < 1.29 is 0 Å². The van der Waals surface area contributed by atoms with Crippen molar-refractivity contribution in [1.82, 2.24) is 4.90 Å². The van der Waals surface area contributed by atoms with Crippen molar-refractivity contribution in [2.75, 3.05) is 37.6 Å². The summed E-state index contributed by atoms with van der Waals surface area (Å²) >= 11 is 0. The summed E-state index contributed by atoms with van der Waals surface area (Å²) in [4.78, 5) is 5.25. The molecule has 2 aromatic carbocycles. The molecule has 3 aliphatic carbocycles. The second-order valence-electron chi connectivity index (χ2n) is 8.78. The summed E-state index contributed by atoms with van der Waals surface area (Å²) in [5.74, 6) is 0. The van der Waals surface area contributed by atoms with Gasteiger partial charge in [0.2, 0.25) is 0 Å². The summed E-state index contributed by atoms with van der Waals surface area (Å²) in [7, 11) is 0. The molecule has 0 spiro atoms. The number of piperazine rings is 1. The Hall–Kier alpha value is -1.80. The van der Waals surface area contributed by atoms with E-state index in [9.17, 15) is 0 Å². The van der Waals surface area contributed by atoms with E-state index in [-0.39, 0.29) is 0 Å². The molecule has 0 N–H and O–H groups in total. The van der Waals surface area contributed by atoms with Gasteiger partial charge in [-0.15, -0.1) is 0 Å². The van der Waals surface area contributed by atoms with Gasteiger partial charge in [0.1, 0.15) is 0 Å². The normalized spacial score (nSPS) is 31.3. The van der Waals surface area contributed by atoms with Crippen LogP contribution in [0.3, 0.4) is 0 Å². The van der Waals surface area contributed by atoms with Gasteiger partial charge in [0.05, 0.1) is 0 Å². The topological polar surface area (TPSA) is 6.48 Å². The highest BCUT2D eigenvalue weighted by Crippen LogP contribution is 2.73. The van der Waals surface area contributed by atoms with Crippen molar-refractivity contribution in [3.05, 3.63) is 65.7 Å². The van der Waals surface area contributed by atoms with E-state index in [1.807, 2.05) is 0 Å². The summed E-state index contributed by atoms with van der Waals surface area (Å²) in [5, 5.41) is 0. The Morgan fingerprint density at radius 1 is 0.800 bits per heavy atom. The standard InChI is InChI=1S/C23H28N2/c1-19-7-9-20(10-8-19)23-15-22(16-23,17-23)18-24-11-13-25(14-12-24)21-5-3-2-4-6-21/h2-10H,11-18H2,1H3. The van der Waals surface area contributed by atoms with E-state index in [1.165, 1.54) is 63.2 Å². The minimum Gasteiger partial charge on any atom is -0.369 e. The number of benzene rings is 2. The SMILES string of the molecule is Cc1ccc(C23CC(CN4CCN(c5ccccc5)CC4)(C2)C3)cc1. The van der Waals surface area contributed by atoms with Crippen LogP contribution in [0.4, 0.5) is 5.69 Å². The molecule has 25 heavy (non-hydrogen) atoms. The van der Waals surface area contributed by atoms with Gasteiger partial charge in [-0.25, -0.2) is 0 Å². The molecule has 1 saturated heterocycles. The van der Waals surface area contributed by atoms with Crippen LogP contribution in [0.25, 0.3) is 0 Å². The maximum Gasteiger partial charge on any atom is 0.0367 e. The average Bonchev–Trinajstić information content (AvgIpc) is 2.59. The van der Waals surface area contributed by atoms with Crippen LogP contribution in [0.15, 0.2) is 54.6 Å². The van der Waals surface area contributed by atoms with E-state index in [0.29, 0.717) is 10.8 Å². The Morgan fingerprint density at radius 2 is 1.44 bits per heavy atom. The van der Waals surface area contributed by atoms with Crippen LogP contribution in [0.5, 0.6) is 0 Å². The molecule has 4 aliphatic rings. The van der Waals surface area contributed by atoms with E-state index < -0.39 is 0 Å². The van der Waals surface area contributed by atoms with Crippen LogP contribution in [-0.2, 0) is 5.41 Å². The number of hydrogen-bond donors (Lipinski definition) is 0. The predicted octanol–water partition coefficient (Wildman–Crippen LogP) is 4.24. The lowest BCUT2D eigenvalue weighted by Crippen LogP contribution is -2.68. The van der Waals surface area contributed by atoms with E-state index >= 15 is 0 Å². The van der Waals surface area contributed by atoms with E-state index in [0.717, 1.165) is 0 Å². The third-order valence-electron chi connectivity index (χ3n) is 6.86. The van der Waals surface area contributed by atoms with Gasteiger partial charge in [-0.1, -0.05) is 48.0 Å². The summed E-state index contributed by atoms with van der Waals surface area (Å²) in [5.41, 5.74) is 5.53. The molecule has 0 atom stereocenters. The number of nitrogens with zero attached hydrogens (tertiary/aromatic N) is 2. The molecule has 0 unspecified atom stereocenters. The Bertz CT molecular complexity index is 722. The van der Waals surface area contributed by atoms with Gasteiger partial charge in [0.25, 0.3) is 0 Å². The fourth-order valence-corrected chi connectivity index (χ4v) is 5.66. The first-order valence-electron chi connectivity index (χ1n) is 9.76. The van der Waals surface area contributed by atoms with Crippen molar-refractivity contribution in [2.24, 2.45) is 5.41 Å². The number of para-hydroxylation sites is 1. The van der Waals surface area contributed by atoms with Crippen LogP contribution < -0.4 is 4.90 Å². The van der Waals surface area contributed by atoms with Crippen molar-refractivity contribution in [3.63, 3.8) is 0 Å². The highest BCUT2D eigenvalue weighted by molar-refractivity contribution is 5.46. The van der Waals surface area contributed by atoms with Crippen LogP contribution in [0, 0.1) is 12.3 Å². The zero-order chi connectivity index (χ0) is 16.9. The number of anilines is 1. The lowest BCUT2D eigenvalue weighted by atomic mass is 9.33. The van der Waals surface area contributed by atoms with Gasteiger partial charge >= 0.3 is 0 Å². The molecule has 1 aliphatic heterocycles. The zero-order valence-electron chi connectivity index (χ0n) is 15.2. The number of rotatable bonds is 4. The maximum atomic E-state index is 2.72. The third kappa shape index (κ3) is 2.58. The molecule has 6 rings (SSSR count). The van der Waals surface area contributed by atoms with E-state index in [2.05, 4.69) is 71.3 Å². The van der Waals surface area contributed by atoms with Crippen LogP contribution in [-0.4, -0.2) is 37.6 Å². The molecular formula is C23H28N2. The molecule has 2 nitrogen and oxygen atoms in total. The molecule has 2 bridgehead atoms. The molecule has 0 amide bonds. The van der Waals surface area contributed by atoms with Crippen molar-refractivity contribution in [2.45, 2.75) is 31.6 Å². The first kappa shape index (κ1) is 15.5. The molecule has 1 heterocycles. The lowest BCUT2D eigenvalue weighted by Gasteiger charge is -2.72. The highest BCUT2D eigenvalue weighted by Gasteiger charge is 2.68. The Balaban J connectivity index is 1.15. The maximum absolute atomic E-state index is 2.72. The smallest absolute Gasteiger partial charge is 0.0367 e.